The van der Waals surface area contributed by atoms with Crippen molar-refractivity contribution in [3.63, 3.8) is 0 Å². The molecule has 0 aliphatic heterocycles. The van der Waals surface area contributed by atoms with Gasteiger partial charge in [0, 0.05) is 15.5 Å². The molecule has 2 atom stereocenters. The van der Waals surface area contributed by atoms with Crippen molar-refractivity contribution in [2.75, 3.05) is 6.54 Å². The maximum absolute atomic E-state index is 5.94. The van der Waals surface area contributed by atoms with Crippen LogP contribution in [0, 0.1) is 5.92 Å². The average Bonchev–Trinajstić information content (AvgIpc) is 2.94. The summed E-state index contributed by atoms with van der Waals surface area (Å²) in [6, 6.07) is 6.69. The molecule has 1 nitrogen and oxygen atoms in total. The van der Waals surface area contributed by atoms with E-state index >= 15 is 0 Å². The summed E-state index contributed by atoms with van der Waals surface area (Å²) in [5.41, 5.74) is 1.40. The molecule has 1 N–H and O–H groups in total. The fourth-order valence-corrected chi connectivity index (χ4v) is 3.02. The molecule has 0 spiro atoms. The van der Waals surface area contributed by atoms with E-state index in [0.29, 0.717) is 12.0 Å². The molecule has 0 bridgehead atoms. The third-order valence-electron chi connectivity index (χ3n) is 3.07. The molecule has 2 unspecified atom stereocenters. The topological polar surface area (TPSA) is 12.0 Å². The van der Waals surface area contributed by atoms with Crippen LogP contribution in [0.5, 0.6) is 0 Å². The minimum absolute atomic E-state index is 0.579. The Hall–Kier alpha value is -0.0500. The van der Waals surface area contributed by atoms with Crippen LogP contribution in [0.15, 0.2) is 22.7 Å². The Morgan fingerprint density at radius 1 is 1.50 bits per heavy atom. The van der Waals surface area contributed by atoms with E-state index < -0.39 is 0 Å². The van der Waals surface area contributed by atoms with Crippen LogP contribution in [-0.2, 0) is 0 Å². The van der Waals surface area contributed by atoms with Crippen LogP contribution in [-0.4, -0.2) is 12.6 Å². The van der Waals surface area contributed by atoms with Gasteiger partial charge in [0.15, 0.2) is 0 Å². The lowest BCUT2D eigenvalue weighted by atomic mass is 10.1. The van der Waals surface area contributed by atoms with Gasteiger partial charge in [0.2, 0.25) is 0 Å². The number of rotatable bonds is 4. The maximum Gasteiger partial charge on any atom is 0.0417 e. The molecule has 0 amide bonds. The Kier molecular flexibility index (Phi) is 3.93. The number of halogens is 2. The number of hydrogen-bond acceptors (Lipinski definition) is 1. The van der Waals surface area contributed by atoms with E-state index in [1.165, 1.54) is 12.0 Å². The first-order valence-electron chi connectivity index (χ1n) is 5.76. The van der Waals surface area contributed by atoms with E-state index in [9.17, 15) is 0 Å². The monoisotopic (exact) mass is 301 g/mol. The summed E-state index contributed by atoms with van der Waals surface area (Å²) >= 11 is 9.53. The molecule has 1 aliphatic rings. The molecule has 3 heteroatoms. The number of nitrogens with one attached hydrogen (secondary N) is 1. The average molecular weight is 303 g/mol. The zero-order chi connectivity index (χ0) is 11.7. The molecular formula is C13H17BrClN. The molecule has 0 radical (unpaired) electrons. The van der Waals surface area contributed by atoms with E-state index in [2.05, 4.69) is 41.2 Å². The molecule has 1 saturated carbocycles. The van der Waals surface area contributed by atoms with Crippen molar-refractivity contribution < 1.29 is 0 Å². The molecule has 1 aromatic rings. The zero-order valence-corrected chi connectivity index (χ0v) is 12.0. The first-order valence-corrected chi connectivity index (χ1v) is 6.93. The summed E-state index contributed by atoms with van der Waals surface area (Å²) in [5.74, 6) is 1.50. The lowest BCUT2D eigenvalue weighted by Crippen LogP contribution is -2.25. The van der Waals surface area contributed by atoms with Gasteiger partial charge in [0.05, 0.1) is 0 Å². The van der Waals surface area contributed by atoms with Gasteiger partial charge in [0.25, 0.3) is 0 Å². The molecule has 2 rings (SSSR count). The lowest BCUT2D eigenvalue weighted by molar-refractivity contribution is 0.554. The van der Waals surface area contributed by atoms with Gasteiger partial charge in [0.1, 0.15) is 0 Å². The highest BCUT2D eigenvalue weighted by molar-refractivity contribution is 9.10. The maximum atomic E-state index is 5.94. The summed E-state index contributed by atoms with van der Waals surface area (Å²) in [6.45, 7) is 5.50. The normalized spacial score (nSPS) is 23.8. The van der Waals surface area contributed by atoms with Crippen LogP contribution in [0.4, 0.5) is 0 Å². The molecule has 0 heterocycles. The fourth-order valence-electron chi connectivity index (χ4n) is 2.04. The zero-order valence-electron chi connectivity index (χ0n) is 9.63. The minimum atomic E-state index is 0.579. The van der Waals surface area contributed by atoms with Gasteiger partial charge >= 0.3 is 0 Å². The van der Waals surface area contributed by atoms with E-state index in [4.69, 9.17) is 11.6 Å². The molecule has 0 aromatic heterocycles. The SMILES string of the molecule is CC(C)NCC1CC1c1ccc(Cl)cc1Br. The van der Waals surface area contributed by atoms with E-state index in [0.717, 1.165) is 22.0 Å². The van der Waals surface area contributed by atoms with Crippen LogP contribution in [0.3, 0.4) is 0 Å². The second-order valence-corrected chi connectivity index (χ2v) is 6.12. The Morgan fingerprint density at radius 3 is 2.88 bits per heavy atom. The predicted octanol–water partition coefficient (Wildman–Crippen LogP) is 4.20. The van der Waals surface area contributed by atoms with Crippen LogP contribution < -0.4 is 5.32 Å². The van der Waals surface area contributed by atoms with Gasteiger partial charge in [-0.2, -0.15) is 0 Å². The van der Waals surface area contributed by atoms with Crippen molar-refractivity contribution >= 4 is 27.5 Å². The summed E-state index contributed by atoms with van der Waals surface area (Å²) in [6.07, 6.45) is 1.29. The van der Waals surface area contributed by atoms with Gasteiger partial charge in [-0.15, -0.1) is 0 Å². The van der Waals surface area contributed by atoms with Gasteiger partial charge in [-0.05, 0) is 42.5 Å². The third-order valence-corrected chi connectivity index (χ3v) is 3.99. The molecule has 0 saturated heterocycles. The standard InChI is InChI=1S/C13H17BrClN/c1-8(2)16-7-9-5-12(9)11-4-3-10(15)6-13(11)14/h3-4,6,8-9,12,16H,5,7H2,1-2H3. The molecule has 88 valence electrons. The number of hydrogen-bond donors (Lipinski definition) is 1. The van der Waals surface area contributed by atoms with E-state index in [1.54, 1.807) is 0 Å². The molecular weight excluding hydrogens is 286 g/mol. The highest BCUT2D eigenvalue weighted by Crippen LogP contribution is 2.49. The Labute approximate surface area is 111 Å². The first-order chi connectivity index (χ1) is 7.58. The summed E-state index contributed by atoms with van der Waals surface area (Å²) in [5, 5.41) is 4.30. The van der Waals surface area contributed by atoms with Crippen molar-refractivity contribution in [3.8, 4) is 0 Å². The first kappa shape index (κ1) is 12.4. The van der Waals surface area contributed by atoms with Crippen LogP contribution in [0.25, 0.3) is 0 Å². The van der Waals surface area contributed by atoms with Gasteiger partial charge < -0.3 is 5.32 Å². The van der Waals surface area contributed by atoms with Crippen molar-refractivity contribution in [2.45, 2.75) is 32.2 Å². The van der Waals surface area contributed by atoms with Gasteiger partial charge in [-0.3, -0.25) is 0 Å². The molecule has 1 aliphatic carbocycles. The van der Waals surface area contributed by atoms with E-state index in [-0.39, 0.29) is 0 Å². The van der Waals surface area contributed by atoms with Crippen molar-refractivity contribution in [1.82, 2.24) is 5.32 Å². The summed E-state index contributed by atoms with van der Waals surface area (Å²) in [4.78, 5) is 0. The smallest absolute Gasteiger partial charge is 0.0417 e. The molecule has 1 aromatic carbocycles. The van der Waals surface area contributed by atoms with Crippen molar-refractivity contribution in [3.05, 3.63) is 33.3 Å². The fraction of sp³-hybridized carbons (Fsp3) is 0.538. The Bertz CT molecular complexity index is 378. The molecule has 1 fully saturated rings. The number of benzene rings is 1. The highest BCUT2D eigenvalue weighted by Gasteiger charge is 2.38. The van der Waals surface area contributed by atoms with Gasteiger partial charge in [-0.1, -0.05) is 47.4 Å². The Balaban J connectivity index is 1.95. The molecule has 16 heavy (non-hydrogen) atoms. The second-order valence-electron chi connectivity index (χ2n) is 4.83. The largest absolute Gasteiger partial charge is 0.314 e. The predicted molar refractivity (Wildman–Crippen MR) is 73.1 cm³/mol. The van der Waals surface area contributed by atoms with Crippen LogP contribution in [0.1, 0.15) is 31.7 Å². The Morgan fingerprint density at radius 2 is 2.25 bits per heavy atom. The highest BCUT2D eigenvalue weighted by atomic mass is 79.9. The van der Waals surface area contributed by atoms with Crippen LogP contribution in [0.2, 0.25) is 5.02 Å². The minimum Gasteiger partial charge on any atom is -0.314 e. The summed E-state index contributed by atoms with van der Waals surface area (Å²) in [7, 11) is 0. The van der Waals surface area contributed by atoms with E-state index in [1.807, 2.05) is 12.1 Å². The van der Waals surface area contributed by atoms with Gasteiger partial charge in [-0.25, -0.2) is 0 Å². The van der Waals surface area contributed by atoms with Crippen molar-refractivity contribution in [1.29, 1.82) is 0 Å². The van der Waals surface area contributed by atoms with Crippen molar-refractivity contribution in [2.24, 2.45) is 5.92 Å². The second kappa shape index (κ2) is 5.07. The quantitative estimate of drug-likeness (QED) is 0.879. The summed E-state index contributed by atoms with van der Waals surface area (Å²) < 4.78 is 1.15. The van der Waals surface area contributed by atoms with Crippen LogP contribution >= 0.6 is 27.5 Å². The third kappa shape index (κ3) is 2.99. The lowest BCUT2D eigenvalue weighted by Gasteiger charge is -2.08.